The van der Waals surface area contributed by atoms with E-state index in [-0.39, 0.29) is 17.4 Å². The number of piperidine rings is 1. The molecule has 1 saturated carbocycles. The monoisotopic (exact) mass is 349 g/mol. The summed E-state index contributed by atoms with van der Waals surface area (Å²) < 4.78 is 7.37. The van der Waals surface area contributed by atoms with Gasteiger partial charge in [0.2, 0.25) is 5.28 Å². The van der Waals surface area contributed by atoms with Gasteiger partial charge >= 0.3 is 6.09 Å². The number of amides is 1. The van der Waals surface area contributed by atoms with E-state index < -0.39 is 5.60 Å². The van der Waals surface area contributed by atoms with Gasteiger partial charge in [0, 0.05) is 12.7 Å². The third-order valence-corrected chi connectivity index (χ3v) is 4.82. The molecule has 1 aliphatic heterocycles. The van der Waals surface area contributed by atoms with Crippen LogP contribution in [0.1, 0.15) is 27.2 Å². The summed E-state index contributed by atoms with van der Waals surface area (Å²) in [5, 5.41) is 5.44. The predicted octanol–water partition coefficient (Wildman–Crippen LogP) is 2.74. The van der Waals surface area contributed by atoms with Gasteiger partial charge in [0.1, 0.15) is 5.60 Å². The van der Waals surface area contributed by atoms with Crippen LogP contribution in [0.3, 0.4) is 0 Å². The van der Waals surface area contributed by atoms with Crippen molar-refractivity contribution in [1.29, 1.82) is 0 Å². The fraction of sp³-hybridized carbons (Fsp3) is 0.625. The van der Waals surface area contributed by atoms with Gasteiger partial charge in [-0.05, 0) is 50.6 Å². The summed E-state index contributed by atoms with van der Waals surface area (Å²) in [6.07, 6.45) is 4.31. The minimum absolute atomic E-state index is 0.0849. The molecule has 2 fully saturated rings. The number of aromatic nitrogens is 4. The fourth-order valence-electron chi connectivity index (χ4n) is 3.49. The number of ether oxygens (including phenoxy) is 1. The molecule has 3 atom stereocenters. The van der Waals surface area contributed by atoms with E-state index in [2.05, 4.69) is 15.1 Å². The number of fused-ring (bicyclic) bond motifs is 2. The molecule has 1 amide bonds. The summed E-state index contributed by atoms with van der Waals surface area (Å²) in [6.45, 7) is 7.01. The molecule has 1 saturated heterocycles. The van der Waals surface area contributed by atoms with Crippen molar-refractivity contribution in [2.75, 3.05) is 6.54 Å². The number of carbonyl (C=O) groups is 1. The topological polar surface area (TPSA) is 73.1 Å². The molecule has 7 nitrogen and oxygen atoms in total. The van der Waals surface area contributed by atoms with Crippen molar-refractivity contribution in [1.82, 2.24) is 24.6 Å². The molecule has 128 valence electrons. The third-order valence-electron chi connectivity index (χ3n) is 4.64. The van der Waals surface area contributed by atoms with Crippen LogP contribution >= 0.6 is 11.6 Å². The van der Waals surface area contributed by atoms with Crippen molar-refractivity contribution in [3.8, 4) is 0 Å². The van der Waals surface area contributed by atoms with Crippen LogP contribution in [0.5, 0.6) is 0 Å². The quantitative estimate of drug-likeness (QED) is 0.779. The Bertz CT molecular complexity index is 799. The molecule has 0 spiro atoms. The van der Waals surface area contributed by atoms with Crippen molar-refractivity contribution < 1.29 is 9.53 Å². The molecule has 2 aromatic rings. The highest BCUT2D eigenvalue weighted by molar-refractivity contribution is 6.28. The smallest absolute Gasteiger partial charge is 0.410 e. The van der Waals surface area contributed by atoms with Crippen LogP contribution in [0.2, 0.25) is 5.28 Å². The Balaban J connectivity index is 1.57. The Labute approximate surface area is 145 Å². The molecular weight excluding hydrogens is 330 g/mol. The molecule has 0 N–H and O–H groups in total. The summed E-state index contributed by atoms with van der Waals surface area (Å²) in [5.41, 5.74) is 0.205. The minimum atomic E-state index is -0.492. The minimum Gasteiger partial charge on any atom is -0.444 e. The maximum absolute atomic E-state index is 12.5. The molecule has 0 unspecified atom stereocenters. The summed E-state index contributed by atoms with van der Waals surface area (Å²) in [6, 6.07) is 0.0849. The lowest BCUT2D eigenvalue weighted by Gasteiger charge is -2.30. The highest BCUT2D eigenvalue weighted by Crippen LogP contribution is 2.50. The molecule has 8 heteroatoms. The first-order chi connectivity index (χ1) is 11.3. The van der Waals surface area contributed by atoms with Crippen molar-refractivity contribution in [2.45, 2.75) is 45.4 Å². The highest BCUT2D eigenvalue weighted by Gasteiger charge is 2.54. The van der Waals surface area contributed by atoms with Gasteiger partial charge in [-0.15, -0.1) is 0 Å². The second kappa shape index (κ2) is 5.31. The Kier molecular flexibility index (Phi) is 3.46. The maximum Gasteiger partial charge on any atom is 0.410 e. The first kappa shape index (κ1) is 15.6. The van der Waals surface area contributed by atoms with Gasteiger partial charge in [-0.2, -0.15) is 10.1 Å². The predicted molar refractivity (Wildman–Crippen MR) is 88.7 cm³/mol. The summed E-state index contributed by atoms with van der Waals surface area (Å²) in [5.74, 6) is 1.11. The van der Waals surface area contributed by atoms with Crippen LogP contribution in [0.4, 0.5) is 4.79 Å². The van der Waals surface area contributed by atoms with Gasteiger partial charge in [0.15, 0.2) is 5.65 Å². The lowest BCUT2D eigenvalue weighted by molar-refractivity contribution is 0.0176. The number of rotatable bonds is 2. The third kappa shape index (κ3) is 2.81. The number of carbonyl (C=O) groups excluding carboxylic acids is 1. The SMILES string of the molecule is CC(C)(C)OC(=O)N1C[C@H]2C[C@H]2[C@H]1Cn1ncc2cnc(Cl)nc21. The average molecular weight is 350 g/mol. The Morgan fingerprint density at radius 2 is 2.21 bits per heavy atom. The lowest BCUT2D eigenvalue weighted by Crippen LogP contribution is -2.43. The van der Waals surface area contributed by atoms with Gasteiger partial charge in [0.25, 0.3) is 0 Å². The normalized spacial score (nSPS) is 25.8. The Hall–Kier alpha value is -1.89. The molecule has 0 bridgehead atoms. The zero-order chi connectivity index (χ0) is 17.1. The zero-order valence-corrected chi connectivity index (χ0v) is 14.7. The largest absolute Gasteiger partial charge is 0.444 e. The molecule has 0 radical (unpaired) electrons. The number of nitrogens with zero attached hydrogens (tertiary/aromatic N) is 5. The van der Waals surface area contributed by atoms with Gasteiger partial charge in [-0.25, -0.2) is 14.5 Å². The first-order valence-corrected chi connectivity index (χ1v) is 8.53. The zero-order valence-electron chi connectivity index (χ0n) is 13.9. The lowest BCUT2D eigenvalue weighted by atomic mass is 10.2. The molecule has 4 rings (SSSR count). The van der Waals surface area contributed by atoms with E-state index in [9.17, 15) is 4.79 Å². The van der Waals surface area contributed by atoms with Crippen molar-refractivity contribution in [3.63, 3.8) is 0 Å². The van der Waals surface area contributed by atoms with Crippen molar-refractivity contribution in [2.24, 2.45) is 11.8 Å². The van der Waals surface area contributed by atoms with Crippen LogP contribution in [0.25, 0.3) is 11.0 Å². The van der Waals surface area contributed by atoms with Gasteiger partial charge in [-0.1, -0.05) is 0 Å². The first-order valence-electron chi connectivity index (χ1n) is 8.15. The van der Waals surface area contributed by atoms with E-state index in [1.165, 1.54) is 6.42 Å². The second-order valence-electron chi connectivity index (χ2n) is 7.60. The molecule has 2 aliphatic rings. The number of halogens is 1. The van der Waals surface area contributed by atoms with E-state index in [0.29, 0.717) is 24.0 Å². The Morgan fingerprint density at radius 3 is 2.96 bits per heavy atom. The van der Waals surface area contributed by atoms with Crippen LogP contribution in [0.15, 0.2) is 12.4 Å². The fourth-order valence-corrected chi connectivity index (χ4v) is 3.62. The molecular formula is C16H20ClN5O2. The highest BCUT2D eigenvalue weighted by atomic mass is 35.5. The number of likely N-dealkylation sites (tertiary alicyclic amines) is 1. The van der Waals surface area contributed by atoms with Crippen LogP contribution in [-0.4, -0.2) is 48.9 Å². The van der Waals surface area contributed by atoms with Crippen LogP contribution < -0.4 is 0 Å². The van der Waals surface area contributed by atoms with E-state index in [1.807, 2.05) is 30.4 Å². The van der Waals surface area contributed by atoms with E-state index in [4.69, 9.17) is 16.3 Å². The average Bonchev–Trinajstić information content (AvgIpc) is 3.01. The Morgan fingerprint density at radius 1 is 1.42 bits per heavy atom. The van der Waals surface area contributed by atoms with E-state index in [1.54, 1.807) is 12.4 Å². The second-order valence-corrected chi connectivity index (χ2v) is 7.94. The van der Waals surface area contributed by atoms with Crippen LogP contribution in [0, 0.1) is 11.8 Å². The van der Waals surface area contributed by atoms with Crippen molar-refractivity contribution >= 4 is 28.7 Å². The molecule has 24 heavy (non-hydrogen) atoms. The standard InChI is InChI=1S/C16H20ClN5O2/c1-16(2,3)24-15(23)21-7-9-4-11(9)12(21)8-22-13-10(6-19-22)5-18-14(17)20-13/h5-6,9,11-12H,4,7-8H2,1-3H3/t9-,11-,12-/m1/s1. The molecule has 0 aromatic carbocycles. The van der Waals surface area contributed by atoms with Gasteiger partial charge < -0.3 is 9.64 Å². The maximum atomic E-state index is 12.5. The van der Waals surface area contributed by atoms with Gasteiger partial charge in [0.05, 0.1) is 24.2 Å². The number of hydrogen-bond donors (Lipinski definition) is 0. The van der Waals surface area contributed by atoms with Crippen molar-refractivity contribution in [3.05, 3.63) is 17.7 Å². The van der Waals surface area contributed by atoms with E-state index >= 15 is 0 Å². The van der Waals surface area contributed by atoms with E-state index in [0.717, 1.165) is 11.9 Å². The molecule has 2 aromatic heterocycles. The molecule has 3 heterocycles. The van der Waals surface area contributed by atoms with Crippen LogP contribution in [-0.2, 0) is 11.3 Å². The van der Waals surface area contributed by atoms with Gasteiger partial charge in [-0.3, -0.25) is 0 Å². The summed E-state index contributed by atoms with van der Waals surface area (Å²) in [4.78, 5) is 22.6. The number of hydrogen-bond acceptors (Lipinski definition) is 5. The molecule has 1 aliphatic carbocycles. The summed E-state index contributed by atoms with van der Waals surface area (Å²) >= 11 is 5.90. The summed E-state index contributed by atoms with van der Waals surface area (Å²) in [7, 11) is 0.